The van der Waals surface area contributed by atoms with E-state index >= 15 is 0 Å². The summed E-state index contributed by atoms with van der Waals surface area (Å²) in [5.74, 6) is -0.691. The molecule has 1 aromatic carbocycles. The van der Waals surface area contributed by atoms with Gasteiger partial charge >= 0.3 is 0 Å². The van der Waals surface area contributed by atoms with Crippen LogP contribution < -0.4 is 5.32 Å². The first-order chi connectivity index (χ1) is 14.9. The van der Waals surface area contributed by atoms with Crippen molar-refractivity contribution in [3.8, 4) is 11.3 Å². The van der Waals surface area contributed by atoms with Gasteiger partial charge in [-0.15, -0.1) is 0 Å². The van der Waals surface area contributed by atoms with Crippen LogP contribution in [-0.2, 0) is 11.2 Å². The lowest BCUT2D eigenvalue weighted by Crippen LogP contribution is -2.38. The summed E-state index contributed by atoms with van der Waals surface area (Å²) in [6.07, 6.45) is 3.62. The Hall–Kier alpha value is -2.94. The van der Waals surface area contributed by atoms with Crippen LogP contribution in [0.3, 0.4) is 0 Å². The van der Waals surface area contributed by atoms with Gasteiger partial charge in [0.15, 0.2) is 10.4 Å². The van der Waals surface area contributed by atoms with Crippen molar-refractivity contribution in [3.63, 3.8) is 0 Å². The van der Waals surface area contributed by atoms with Gasteiger partial charge < -0.3 is 14.6 Å². The molecule has 0 bridgehead atoms. The van der Waals surface area contributed by atoms with Crippen LogP contribution >= 0.6 is 15.9 Å². The number of amides is 2. The maximum Gasteiger partial charge on any atom is 0.287 e. The van der Waals surface area contributed by atoms with E-state index in [1.165, 1.54) is 18.2 Å². The van der Waals surface area contributed by atoms with E-state index in [1.54, 1.807) is 30.1 Å². The predicted octanol–water partition coefficient (Wildman–Crippen LogP) is 4.17. The molecule has 0 saturated carbocycles. The van der Waals surface area contributed by atoms with E-state index in [-0.39, 0.29) is 24.0 Å². The van der Waals surface area contributed by atoms with E-state index in [2.05, 4.69) is 31.4 Å². The van der Waals surface area contributed by atoms with Crippen molar-refractivity contribution in [3.05, 3.63) is 64.4 Å². The number of hydrogen-bond donors (Lipinski definition) is 2. The van der Waals surface area contributed by atoms with Gasteiger partial charge in [0.2, 0.25) is 5.91 Å². The average Bonchev–Trinajstić information content (AvgIpc) is 3.41. The van der Waals surface area contributed by atoms with Gasteiger partial charge in [0.25, 0.3) is 5.91 Å². The summed E-state index contributed by atoms with van der Waals surface area (Å²) in [5.41, 5.74) is 2.69. The molecule has 0 atom stereocenters. The molecule has 0 aliphatic carbocycles. The predicted molar refractivity (Wildman–Crippen MR) is 118 cm³/mol. The van der Waals surface area contributed by atoms with Crippen molar-refractivity contribution in [2.24, 2.45) is 0 Å². The van der Waals surface area contributed by atoms with Crippen LogP contribution in [0.1, 0.15) is 35.5 Å². The molecule has 0 aliphatic rings. The van der Waals surface area contributed by atoms with Crippen LogP contribution in [0.2, 0.25) is 0 Å². The minimum atomic E-state index is -0.424. The first-order valence-corrected chi connectivity index (χ1v) is 10.8. The van der Waals surface area contributed by atoms with Crippen LogP contribution in [0.4, 0.5) is 4.39 Å². The SMILES string of the molecule is CN(CCCCCc1cc(-c2ccc(F)cc2)n[nH]1)C(=O)CNC(=O)c1ccc(Br)o1. The maximum absolute atomic E-state index is 13.0. The van der Waals surface area contributed by atoms with Crippen molar-refractivity contribution in [1.82, 2.24) is 20.4 Å². The highest BCUT2D eigenvalue weighted by atomic mass is 79.9. The van der Waals surface area contributed by atoms with E-state index in [9.17, 15) is 14.0 Å². The standard InChI is InChI=1S/C22H24BrFN4O3/c1-28(21(29)14-25-22(30)19-10-11-20(23)31-19)12-4-2-3-5-17-13-18(27-26-17)15-6-8-16(24)9-7-15/h6-11,13H,2-5,12,14H2,1H3,(H,25,30)(H,26,27). The first kappa shape index (κ1) is 22.7. The summed E-state index contributed by atoms with van der Waals surface area (Å²) >= 11 is 3.13. The lowest BCUT2D eigenvalue weighted by molar-refractivity contribution is -0.128. The molecule has 0 aliphatic heterocycles. The second-order valence-corrected chi connectivity index (χ2v) is 7.98. The van der Waals surface area contributed by atoms with Crippen LogP contribution in [0.5, 0.6) is 0 Å². The number of aromatic nitrogens is 2. The number of unbranched alkanes of at least 4 members (excludes halogenated alkanes) is 2. The molecule has 3 aromatic rings. The third-order valence-electron chi connectivity index (χ3n) is 4.83. The number of aryl methyl sites for hydroxylation is 1. The van der Waals surface area contributed by atoms with Gasteiger partial charge in [-0.3, -0.25) is 14.7 Å². The molecule has 2 amide bonds. The maximum atomic E-state index is 13.0. The zero-order valence-corrected chi connectivity index (χ0v) is 18.7. The zero-order chi connectivity index (χ0) is 22.2. The van der Waals surface area contributed by atoms with Crippen LogP contribution in [0.25, 0.3) is 11.3 Å². The highest BCUT2D eigenvalue weighted by Gasteiger charge is 2.14. The number of hydrogen-bond acceptors (Lipinski definition) is 4. The van der Waals surface area contributed by atoms with E-state index in [4.69, 9.17) is 4.42 Å². The molecule has 7 nitrogen and oxygen atoms in total. The van der Waals surface area contributed by atoms with Gasteiger partial charge in [-0.2, -0.15) is 5.10 Å². The molecule has 2 aromatic heterocycles. The summed E-state index contributed by atoms with van der Waals surface area (Å²) in [6.45, 7) is 0.540. The number of nitrogens with zero attached hydrogens (tertiary/aromatic N) is 2. The largest absolute Gasteiger partial charge is 0.444 e. The number of likely N-dealkylation sites (N-methyl/N-ethyl adjacent to an activating group) is 1. The number of H-pyrrole nitrogens is 1. The number of carbonyl (C=O) groups excluding carboxylic acids is 2. The average molecular weight is 491 g/mol. The number of furan rings is 1. The molecule has 0 spiro atoms. The van der Waals surface area contributed by atoms with Crippen LogP contribution in [0.15, 0.2) is 51.6 Å². The second-order valence-electron chi connectivity index (χ2n) is 7.20. The number of carbonyl (C=O) groups is 2. The number of benzene rings is 1. The molecule has 9 heteroatoms. The van der Waals surface area contributed by atoms with E-state index in [0.717, 1.165) is 42.6 Å². The Morgan fingerprint density at radius 2 is 1.94 bits per heavy atom. The summed E-state index contributed by atoms with van der Waals surface area (Å²) in [6, 6.07) is 11.4. The van der Waals surface area contributed by atoms with Crippen molar-refractivity contribution in [2.45, 2.75) is 25.7 Å². The molecule has 31 heavy (non-hydrogen) atoms. The molecule has 0 radical (unpaired) electrons. The molecule has 2 N–H and O–H groups in total. The Morgan fingerprint density at radius 3 is 2.65 bits per heavy atom. The van der Waals surface area contributed by atoms with Gasteiger partial charge in [0.1, 0.15) is 5.82 Å². The molecular formula is C22H24BrFN4O3. The fourth-order valence-corrected chi connectivity index (χ4v) is 3.34. The smallest absolute Gasteiger partial charge is 0.287 e. The Labute approximate surface area is 188 Å². The molecule has 0 fully saturated rings. The minimum Gasteiger partial charge on any atom is -0.444 e. The monoisotopic (exact) mass is 490 g/mol. The van der Waals surface area contributed by atoms with Crippen LogP contribution in [-0.4, -0.2) is 47.0 Å². The number of rotatable bonds is 10. The van der Waals surface area contributed by atoms with Gasteiger partial charge in [-0.1, -0.05) is 6.42 Å². The van der Waals surface area contributed by atoms with Gasteiger partial charge in [0.05, 0.1) is 12.2 Å². The lowest BCUT2D eigenvalue weighted by Gasteiger charge is -2.17. The number of halogens is 2. The molecule has 3 rings (SSSR count). The highest BCUT2D eigenvalue weighted by Crippen LogP contribution is 2.19. The number of nitrogens with one attached hydrogen (secondary N) is 2. The quantitative estimate of drug-likeness (QED) is 0.417. The topological polar surface area (TPSA) is 91.2 Å². The Bertz CT molecular complexity index is 1020. The van der Waals surface area contributed by atoms with Crippen LogP contribution in [0, 0.1) is 5.82 Å². The first-order valence-electron chi connectivity index (χ1n) is 10.00. The molecule has 0 unspecified atom stereocenters. The normalized spacial score (nSPS) is 10.8. The Morgan fingerprint density at radius 1 is 1.16 bits per heavy atom. The zero-order valence-electron chi connectivity index (χ0n) is 17.2. The van der Waals surface area contributed by atoms with E-state index in [1.807, 2.05) is 6.07 Å². The Balaban J connectivity index is 1.32. The summed E-state index contributed by atoms with van der Waals surface area (Å²) in [5, 5.41) is 9.86. The molecule has 2 heterocycles. The fourth-order valence-electron chi connectivity index (χ4n) is 3.04. The van der Waals surface area contributed by atoms with Gasteiger partial charge in [-0.05, 0) is 77.7 Å². The third-order valence-corrected chi connectivity index (χ3v) is 5.26. The Kier molecular flexibility index (Phi) is 8.00. The lowest BCUT2D eigenvalue weighted by atomic mass is 10.1. The molecule has 164 valence electrons. The van der Waals surface area contributed by atoms with Crippen molar-refractivity contribution in [1.29, 1.82) is 0 Å². The van der Waals surface area contributed by atoms with Gasteiger partial charge in [-0.25, -0.2) is 4.39 Å². The fraction of sp³-hybridized carbons (Fsp3) is 0.318. The van der Waals surface area contributed by atoms with Crippen molar-refractivity contribution >= 4 is 27.7 Å². The van der Waals surface area contributed by atoms with E-state index in [0.29, 0.717) is 11.2 Å². The summed E-state index contributed by atoms with van der Waals surface area (Å²) in [4.78, 5) is 25.7. The number of aromatic amines is 1. The second kappa shape index (κ2) is 10.9. The van der Waals surface area contributed by atoms with Crippen molar-refractivity contribution in [2.75, 3.05) is 20.1 Å². The van der Waals surface area contributed by atoms with Crippen molar-refractivity contribution < 1.29 is 18.4 Å². The summed E-state index contributed by atoms with van der Waals surface area (Å²) in [7, 11) is 1.72. The van der Waals surface area contributed by atoms with E-state index < -0.39 is 5.91 Å². The molecule has 0 saturated heterocycles. The molecular weight excluding hydrogens is 467 g/mol. The van der Waals surface area contributed by atoms with Gasteiger partial charge in [0, 0.05) is 24.8 Å². The third kappa shape index (κ3) is 6.78. The minimum absolute atomic E-state index is 0.0754. The highest BCUT2D eigenvalue weighted by molar-refractivity contribution is 9.10. The summed E-state index contributed by atoms with van der Waals surface area (Å²) < 4.78 is 18.6.